The van der Waals surface area contributed by atoms with Gasteiger partial charge in [-0.1, -0.05) is 12.1 Å². The van der Waals surface area contributed by atoms with Crippen LogP contribution in [0, 0.1) is 0 Å². The minimum Gasteiger partial charge on any atom is -0.376 e. The molecular weight excluding hydrogens is 264 g/mol. The highest BCUT2D eigenvalue weighted by Crippen LogP contribution is 2.29. The number of nitrogens with zero attached hydrogens (tertiary/aromatic N) is 3. The number of nitrogens with one attached hydrogen (secondary N) is 1. The van der Waals surface area contributed by atoms with Crippen LogP contribution >= 0.6 is 0 Å². The molecule has 1 saturated heterocycles. The Hall–Kier alpha value is -2.30. The van der Waals surface area contributed by atoms with Gasteiger partial charge in [-0.25, -0.2) is 4.98 Å². The lowest BCUT2D eigenvalue weighted by Crippen LogP contribution is -2.24. The summed E-state index contributed by atoms with van der Waals surface area (Å²) in [4.78, 5) is 18.2. The van der Waals surface area contributed by atoms with E-state index in [4.69, 9.17) is 0 Å². The largest absolute Gasteiger partial charge is 0.376 e. The molecule has 5 nitrogen and oxygen atoms in total. The van der Waals surface area contributed by atoms with Crippen molar-refractivity contribution in [3.8, 4) is 0 Å². The molecular formula is C16H20N4O. The summed E-state index contributed by atoms with van der Waals surface area (Å²) in [5.41, 5.74) is 1.95. The van der Waals surface area contributed by atoms with Gasteiger partial charge in [0.05, 0.1) is 17.9 Å². The van der Waals surface area contributed by atoms with Gasteiger partial charge < -0.3 is 14.8 Å². The van der Waals surface area contributed by atoms with Crippen LogP contribution < -0.4 is 10.2 Å². The molecule has 21 heavy (non-hydrogen) atoms. The number of benzene rings is 1. The maximum absolute atomic E-state index is 11.9. The molecule has 1 aliphatic heterocycles. The summed E-state index contributed by atoms with van der Waals surface area (Å²) in [7, 11) is 0. The molecule has 0 unspecified atom stereocenters. The van der Waals surface area contributed by atoms with Gasteiger partial charge in [0.2, 0.25) is 5.91 Å². The molecule has 1 N–H and O–H groups in total. The molecule has 1 amide bonds. The van der Waals surface area contributed by atoms with Crippen LogP contribution in [0.4, 0.5) is 11.4 Å². The molecule has 0 bridgehead atoms. The zero-order chi connectivity index (χ0) is 14.7. The first kappa shape index (κ1) is 13.7. The molecule has 1 aromatic heterocycles. The number of hydrogen-bond acceptors (Lipinski definition) is 3. The maximum Gasteiger partial charge on any atom is 0.227 e. The minimum absolute atomic E-state index is 0.208. The summed E-state index contributed by atoms with van der Waals surface area (Å²) in [5, 5.41) is 3.41. The maximum atomic E-state index is 11.9. The lowest BCUT2D eigenvalue weighted by molar-refractivity contribution is -0.117. The fraction of sp³-hybridized carbons (Fsp3) is 0.375. The molecule has 1 fully saturated rings. The molecule has 0 saturated carbocycles. The monoisotopic (exact) mass is 284 g/mol. The molecule has 110 valence electrons. The Morgan fingerprint density at radius 1 is 1.33 bits per heavy atom. The van der Waals surface area contributed by atoms with Crippen LogP contribution in [0.15, 0.2) is 36.7 Å². The van der Waals surface area contributed by atoms with Crippen molar-refractivity contribution in [3.05, 3.63) is 42.5 Å². The summed E-state index contributed by atoms with van der Waals surface area (Å²) >= 11 is 0. The Labute approximate surface area is 124 Å². The number of anilines is 2. The number of carbonyl (C=O) groups excluding carboxylic acids is 1. The molecule has 1 aromatic carbocycles. The van der Waals surface area contributed by atoms with Crippen molar-refractivity contribution in [3.63, 3.8) is 0 Å². The fourth-order valence-electron chi connectivity index (χ4n) is 2.73. The zero-order valence-corrected chi connectivity index (χ0v) is 12.2. The third kappa shape index (κ3) is 2.77. The molecule has 2 aromatic rings. The topological polar surface area (TPSA) is 50.2 Å². The van der Waals surface area contributed by atoms with Crippen molar-refractivity contribution in [2.75, 3.05) is 16.8 Å². The van der Waals surface area contributed by atoms with Crippen LogP contribution in [0.2, 0.25) is 0 Å². The fourth-order valence-corrected chi connectivity index (χ4v) is 2.73. The quantitative estimate of drug-likeness (QED) is 0.918. The third-order valence-electron chi connectivity index (χ3n) is 3.85. The first-order chi connectivity index (χ1) is 10.3. The number of hydrogen-bond donors (Lipinski definition) is 1. The number of imidazole rings is 1. The van der Waals surface area contributed by atoms with E-state index < -0.39 is 0 Å². The summed E-state index contributed by atoms with van der Waals surface area (Å²) in [5.74, 6) is 1.21. The van der Waals surface area contributed by atoms with Crippen LogP contribution in [-0.2, 0) is 17.9 Å². The SMILES string of the molecule is CCn1ccnc1CNc1ccccc1N1CCCC1=O. The number of aromatic nitrogens is 2. The lowest BCUT2D eigenvalue weighted by Gasteiger charge is -2.20. The van der Waals surface area contributed by atoms with Crippen LogP contribution in [-0.4, -0.2) is 22.0 Å². The van der Waals surface area contributed by atoms with Crippen molar-refractivity contribution in [1.29, 1.82) is 0 Å². The van der Waals surface area contributed by atoms with E-state index in [1.54, 1.807) is 0 Å². The Bertz CT molecular complexity index is 635. The average Bonchev–Trinajstić information content (AvgIpc) is 3.13. The van der Waals surface area contributed by atoms with Crippen LogP contribution in [0.1, 0.15) is 25.6 Å². The van der Waals surface area contributed by atoms with E-state index in [1.807, 2.05) is 41.6 Å². The Morgan fingerprint density at radius 3 is 2.95 bits per heavy atom. The van der Waals surface area contributed by atoms with Gasteiger partial charge in [0.25, 0.3) is 0 Å². The predicted molar refractivity (Wildman–Crippen MR) is 83.3 cm³/mol. The van der Waals surface area contributed by atoms with Gasteiger partial charge >= 0.3 is 0 Å². The zero-order valence-electron chi connectivity index (χ0n) is 12.2. The van der Waals surface area contributed by atoms with Crippen molar-refractivity contribution < 1.29 is 4.79 Å². The van der Waals surface area contributed by atoms with Gasteiger partial charge in [-0.15, -0.1) is 0 Å². The third-order valence-corrected chi connectivity index (χ3v) is 3.85. The molecule has 1 aliphatic rings. The Morgan fingerprint density at radius 2 is 2.19 bits per heavy atom. The number of aryl methyl sites for hydroxylation is 1. The van der Waals surface area contributed by atoms with Gasteiger partial charge in [-0.2, -0.15) is 0 Å². The molecule has 0 aliphatic carbocycles. The Balaban J connectivity index is 1.78. The number of carbonyl (C=O) groups is 1. The first-order valence-corrected chi connectivity index (χ1v) is 7.43. The smallest absolute Gasteiger partial charge is 0.227 e. The van der Waals surface area contributed by atoms with E-state index in [2.05, 4.69) is 21.8 Å². The molecule has 2 heterocycles. The predicted octanol–water partition coefficient (Wildman–Crippen LogP) is 2.64. The summed E-state index contributed by atoms with van der Waals surface area (Å²) in [6.07, 6.45) is 5.38. The van der Waals surface area contributed by atoms with Crippen LogP contribution in [0.25, 0.3) is 0 Å². The lowest BCUT2D eigenvalue weighted by atomic mass is 10.2. The molecule has 0 spiro atoms. The van der Waals surface area contributed by atoms with Gasteiger partial charge in [-0.05, 0) is 25.5 Å². The molecule has 3 rings (SSSR count). The summed E-state index contributed by atoms with van der Waals surface area (Å²) < 4.78 is 2.11. The van der Waals surface area contributed by atoms with E-state index >= 15 is 0 Å². The van der Waals surface area contributed by atoms with Gasteiger partial charge in [-0.3, -0.25) is 4.79 Å². The van der Waals surface area contributed by atoms with Gasteiger partial charge in [0.1, 0.15) is 5.82 Å². The number of rotatable bonds is 5. The Kier molecular flexibility index (Phi) is 3.90. The highest BCUT2D eigenvalue weighted by molar-refractivity contribution is 5.98. The second-order valence-electron chi connectivity index (χ2n) is 5.15. The van der Waals surface area contributed by atoms with E-state index in [9.17, 15) is 4.79 Å². The standard InChI is InChI=1S/C16H20N4O/c1-2-19-11-9-17-15(19)12-18-13-6-3-4-7-14(13)20-10-5-8-16(20)21/h3-4,6-7,9,11,18H,2,5,8,10,12H2,1H3. The second kappa shape index (κ2) is 5.99. The van der Waals surface area contributed by atoms with E-state index in [1.165, 1.54) is 0 Å². The number of para-hydroxylation sites is 2. The number of amides is 1. The average molecular weight is 284 g/mol. The second-order valence-corrected chi connectivity index (χ2v) is 5.15. The summed E-state index contributed by atoms with van der Waals surface area (Å²) in [6, 6.07) is 7.97. The van der Waals surface area contributed by atoms with Gasteiger partial charge in [0.15, 0.2) is 0 Å². The van der Waals surface area contributed by atoms with Crippen molar-refractivity contribution in [1.82, 2.24) is 9.55 Å². The van der Waals surface area contributed by atoms with E-state index in [0.717, 1.165) is 36.7 Å². The normalized spacial score (nSPS) is 14.7. The molecule has 0 atom stereocenters. The van der Waals surface area contributed by atoms with Crippen molar-refractivity contribution >= 4 is 17.3 Å². The van der Waals surface area contributed by atoms with Crippen molar-refractivity contribution in [2.24, 2.45) is 0 Å². The molecule has 5 heteroatoms. The minimum atomic E-state index is 0.208. The summed E-state index contributed by atoms with van der Waals surface area (Å²) in [6.45, 7) is 4.46. The van der Waals surface area contributed by atoms with E-state index in [0.29, 0.717) is 13.0 Å². The van der Waals surface area contributed by atoms with Crippen molar-refractivity contribution in [2.45, 2.75) is 32.9 Å². The van der Waals surface area contributed by atoms with Crippen LogP contribution in [0.3, 0.4) is 0 Å². The highest BCUT2D eigenvalue weighted by Gasteiger charge is 2.23. The van der Waals surface area contributed by atoms with Gasteiger partial charge in [0, 0.05) is 31.9 Å². The first-order valence-electron chi connectivity index (χ1n) is 7.43. The highest BCUT2D eigenvalue weighted by atomic mass is 16.2. The van der Waals surface area contributed by atoms with E-state index in [-0.39, 0.29) is 5.91 Å². The molecule has 0 radical (unpaired) electrons. The van der Waals surface area contributed by atoms with Crippen LogP contribution in [0.5, 0.6) is 0 Å².